The number of carbonyl (C=O) groups excluding carboxylic acids is 1. The van der Waals surface area contributed by atoms with Gasteiger partial charge in [0.1, 0.15) is 12.1 Å². The molecule has 44 heavy (non-hydrogen) atoms. The number of hydroxylamine groups is 1. The van der Waals surface area contributed by atoms with Crippen molar-refractivity contribution in [2.45, 2.75) is 68.9 Å². The molecule has 1 atom stereocenters. The number of oxazole rings is 1. The van der Waals surface area contributed by atoms with Crippen molar-refractivity contribution < 1.29 is 27.2 Å². The summed E-state index contributed by atoms with van der Waals surface area (Å²) in [6.07, 6.45) is 0.544. The Balaban J connectivity index is 1.67. The highest BCUT2D eigenvalue weighted by Crippen LogP contribution is 2.49. The number of carbonyl (C=O) groups is 1. The van der Waals surface area contributed by atoms with Crippen LogP contribution in [0.4, 0.5) is 24.7 Å². The largest absolute Gasteiger partial charge is 0.493 e. The summed E-state index contributed by atoms with van der Waals surface area (Å²) >= 11 is 7.29. The second-order valence-corrected chi connectivity index (χ2v) is 13.1. The van der Waals surface area contributed by atoms with E-state index in [0.29, 0.717) is 29.0 Å². The van der Waals surface area contributed by atoms with E-state index in [9.17, 15) is 27.6 Å². The Morgan fingerprint density at radius 2 is 1.95 bits per heavy atom. The molecule has 3 heterocycles. The van der Waals surface area contributed by atoms with Gasteiger partial charge in [0.25, 0.3) is 5.56 Å². The minimum atomic E-state index is -5.33. The van der Waals surface area contributed by atoms with Gasteiger partial charge >= 0.3 is 17.8 Å². The molecule has 0 saturated heterocycles. The highest BCUT2D eigenvalue weighted by molar-refractivity contribution is 8.01. The van der Waals surface area contributed by atoms with Crippen LogP contribution in [0.1, 0.15) is 51.8 Å². The summed E-state index contributed by atoms with van der Waals surface area (Å²) in [5.74, 6) is -2.71. The topological polar surface area (TPSA) is 129 Å². The number of rotatable bonds is 8. The number of anilines is 2. The van der Waals surface area contributed by atoms with Crippen LogP contribution < -0.4 is 26.9 Å². The van der Waals surface area contributed by atoms with Gasteiger partial charge in [-0.2, -0.15) is 18.2 Å². The summed E-state index contributed by atoms with van der Waals surface area (Å²) in [4.78, 5) is 50.9. The number of alkyl halides is 3. The molecule has 1 aromatic carbocycles. The fourth-order valence-electron chi connectivity index (χ4n) is 5.47. The van der Waals surface area contributed by atoms with Crippen molar-refractivity contribution in [3.8, 4) is 0 Å². The van der Waals surface area contributed by atoms with Crippen LogP contribution in [0, 0.1) is 0 Å². The quantitative estimate of drug-likeness (QED) is 0.341. The molecule has 1 saturated carbocycles. The van der Waals surface area contributed by atoms with Crippen LogP contribution in [-0.2, 0) is 23.2 Å². The molecule has 1 aliphatic heterocycles. The van der Waals surface area contributed by atoms with Gasteiger partial charge in [-0.3, -0.25) is 9.36 Å². The molecule has 11 nitrogen and oxygen atoms in total. The molecule has 3 aromatic rings. The third-order valence-corrected chi connectivity index (χ3v) is 9.71. The van der Waals surface area contributed by atoms with Crippen LogP contribution in [-0.4, -0.2) is 49.6 Å². The fourth-order valence-corrected chi connectivity index (χ4v) is 7.26. The number of benzene rings is 1. The van der Waals surface area contributed by atoms with Crippen LogP contribution in [0.15, 0.2) is 43.9 Å². The molecule has 2 aliphatic rings. The van der Waals surface area contributed by atoms with Gasteiger partial charge in [0.2, 0.25) is 5.89 Å². The molecular formula is C28H32ClF3N6O5S. The Hall–Kier alpha value is -3.43. The minimum absolute atomic E-state index is 0.0471. The number of fused-ring (bicyclic) bond motifs is 2. The van der Waals surface area contributed by atoms with Crippen molar-refractivity contribution in [3.05, 3.63) is 61.6 Å². The lowest BCUT2D eigenvalue weighted by Gasteiger charge is -2.41. The number of thioether (sulfide) groups is 1. The van der Waals surface area contributed by atoms with Gasteiger partial charge in [-0.05, 0) is 44.9 Å². The summed E-state index contributed by atoms with van der Waals surface area (Å²) in [6, 6.07) is 4.78. The zero-order valence-corrected chi connectivity index (χ0v) is 25.9. The van der Waals surface area contributed by atoms with Gasteiger partial charge in [0.05, 0.1) is 0 Å². The summed E-state index contributed by atoms with van der Waals surface area (Å²) in [5, 5.41) is 1.15. The lowest BCUT2D eigenvalue weighted by atomic mass is 9.88. The average molecular weight is 657 g/mol. The normalized spacial score (nSPS) is 18.0. The predicted molar refractivity (Wildman–Crippen MR) is 162 cm³/mol. The Morgan fingerprint density at radius 1 is 1.25 bits per heavy atom. The molecule has 1 fully saturated rings. The summed E-state index contributed by atoms with van der Waals surface area (Å²) in [6.45, 7) is 3.59. The molecule has 1 unspecified atom stereocenters. The molecule has 238 valence electrons. The molecule has 2 N–H and O–H groups in total. The third-order valence-electron chi connectivity index (χ3n) is 7.75. The molecule has 5 rings (SSSR count). The predicted octanol–water partition coefficient (Wildman–Crippen LogP) is 4.68. The number of nitrogens with zero attached hydrogens (tertiary/aromatic N) is 5. The van der Waals surface area contributed by atoms with Crippen molar-refractivity contribution in [3.63, 3.8) is 0 Å². The maximum atomic E-state index is 14.2. The molecular weight excluding hydrogens is 625 g/mol. The Labute approximate surface area is 259 Å². The second-order valence-electron chi connectivity index (χ2n) is 11.2. The van der Waals surface area contributed by atoms with E-state index in [0.717, 1.165) is 39.0 Å². The number of hydrogen-bond donors (Lipinski definition) is 1. The van der Waals surface area contributed by atoms with Crippen molar-refractivity contribution in [1.29, 1.82) is 0 Å². The minimum Gasteiger partial charge on any atom is -0.439 e. The second kappa shape index (κ2) is 12.2. The van der Waals surface area contributed by atoms with E-state index >= 15 is 0 Å². The smallest absolute Gasteiger partial charge is 0.439 e. The van der Waals surface area contributed by atoms with Gasteiger partial charge in [0.15, 0.2) is 22.6 Å². The van der Waals surface area contributed by atoms with E-state index in [4.69, 9.17) is 26.6 Å². The number of halogens is 4. The van der Waals surface area contributed by atoms with Crippen molar-refractivity contribution >= 4 is 51.9 Å². The number of allylic oxidation sites excluding steroid dienone is 1. The summed E-state index contributed by atoms with van der Waals surface area (Å²) in [5.41, 5.74) is 5.00. The molecule has 0 amide bonds. The van der Waals surface area contributed by atoms with Gasteiger partial charge in [-0.15, -0.1) is 11.8 Å². The third kappa shape index (κ3) is 6.09. The van der Waals surface area contributed by atoms with Crippen molar-refractivity contribution in [1.82, 2.24) is 14.1 Å². The molecule has 0 bridgehead atoms. The van der Waals surface area contributed by atoms with Crippen LogP contribution >= 0.6 is 23.4 Å². The van der Waals surface area contributed by atoms with Gasteiger partial charge in [0, 0.05) is 29.9 Å². The van der Waals surface area contributed by atoms with Crippen LogP contribution in [0.5, 0.6) is 0 Å². The molecule has 0 spiro atoms. The zero-order valence-electron chi connectivity index (χ0n) is 24.3. The van der Waals surface area contributed by atoms with Crippen LogP contribution in [0.3, 0.4) is 0 Å². The average Bonchev–Trinajstić information content (AvgIpc) is 3.50. The van der Waals surface area contributed by atoms with Crippen LogP contribution in [0.25, 0.3) is 11.1 Å². The van der Waals surface area contributed by atoms with Crippen molar-refractivity contribution in [2.75, 3.05) is 23.1 Å². The zero-order chi connectivity index (χ0) is 32.0. The first-order valence-electron chi connectivity index (χ1n) is 14.0. The number of hydrogen-bond acceptors (Lipinski definition) is 10. The highest BCUT2D eigenvalue weighted by atomic mass is 35.5. The number of nitrogens with two attached hydrogens (primary N) is 1. The first-order chi connectivity index (χ1) is 20.7. The lowest BCUT2D eigenvalue weighted by molar-refractivity contribution is -0.201. The van der Waals surface area contributed by atoms with Crippen LogP contribution in [0.2, 0.25) is 5.02 Å². The van der Waals surface area contributed by atoms with E-state index < -0.39 is 33.6 Å². The molecule has 16 heteroatoms. The van der Waals surface area contributed by atoms with E-state index in [-0.39, 0.29) is 37.0 Å². The fraction of sp³-hybridized carbons (Fsp3) is 0.500. The van der Waals surface area contributed by atoms with Gasteiger partial charge in [-0.1, -0.05) is 42.5 Å². The first kappa shape index (κ1) is 32.0. The Bertz CT molecular complexity index is 1730. The number of aromatic nitrogens is 3. The summed E-state index contributed by atoms with van der Waals surface area (Å²) < 4.78 is 47.6. The maximum Gasteiger partial charge on any atom is 0.493 e. The van der Waals surface area contributed by atoms with E-state index in [1.165, 1.54) is 18.8 Å². The molecule has 0 radical (unpaired) electrons. The lowest BCUT2D eigenvalue weighted by Crippen LogP contribution is -2.49. The monoisotopic (exact) mass is 656 g/mol. The Morgan fingerprint density at radius 3 is 2.59 bits per heavy atom. The maximum absolute atomic E-state index is 14.2. The van der Waals surface area contributed by atoms with E-state index in [1.807, 2.05) is 13.8 Å². The van der Waals surface area contributed by atoms with Gasteiger partial charge in [-0.25, -0.2) is 19.1 Å². The standard InChI is InChI=1S/C28H32ClF3N6O5S/c1-16(2)9-12-36-21-22(38(43-24(40)28(30,31)32)26(36)44-27(15-33)10-5-4-6-11-27)35(3)25(41)37(23(21)39)14-20-34-18-13-17(29)7-8-19(18)42-20/h7-9,13,26H,4-6,10-12,14-15,33H2,1-3H3. The van der Waals surface area contributed by atoms with Crippen molar-refractivity contribution in [2.24, 2.45) is 12.8 Å². The molecule has 1 aliphatic carbocycles. The SMILES string of the molecule is CC(C)=CCN1c2c(n(C)c(=O)n(Cc3nc4cc(Cl)ccc4o3)c2=O)N(OC(=O)C(F)(F)F)C1SC1(CN)CCCCC1. The summed E-state index contributed by atoms with van der Waals surface area (Å²) in [7, 11) is 1.29. The Kier molecular flexibility index (Phi) is 8.84. The first-order valence-corrected chi connectivity index (χ1v) is 15.3. The van der Waals surface area contributed by atoms with Gasteiger partial charge < -0.3 is 19.9 Å². The van der Waals surface area contributed by atoms with E-state index in [1.54, 1.807) is 29.2 Å². The highest BCUT2D eigenvalue weighted by Gasteiger charge is 2.51. The molecule has 2 aromatic heterocycles. The van der Waals surface area contributed by atoms with E-state index in [2.05, 4.69) is 4.98 Å².